The predicted octanol–water partition coefficient (Wildman–Crippen LogP) is 4.03. The first kappa shape index (κ1) is 17.8. The average molecular weight is 367 g/mol. The Hall–Kier alpha value is -2.63. The highest BCUT2D eigenvalue weighted by atomic mass is 16.5. The van der Waals surface area contributed by atoms with Crippen LogP contribution in [-0.4, -0.2) is 23.0 Å². The maximum Gasteiger partial charge on any atom is 0.277 e. The van der Waals surface area contributed by atoms with Crippen LogP contribution in [-0.2, 0) is 0 Å². The van der Waals surface area contributed by atoms with Gasteiger partial charge in [-0.3, -0.25) is 9.59 Å². The van der Waals surface area contributed by atoms with E-state index in [0.29, 0.717) is 23.1 Å². The van der Waals surface area contributed by atoms with E-state index in [4.69, 9.17) is 4.52 Å². The topological polar surface area (TPSA) is 84.2 Å². The summed E-state index contributed by atoms with van der Waals surface area (Å²) < 4.78 is 5.23. The number of nitrogens with one attached hydrogen (secondary N) is 2. The lowest BCUT2D eigenvalue weighted by molar-refractivity contribution is 0.0936. The number of benzene rings is 1. The molecule has 2 amide bonds. The highest BCUT2D eigenvalue weighted by Crippen LogP contribution is 2.40. The molecule has 0 saturated heterocycles. The Bertz CT molecular complexity index is 869. The first-order valence-corrected chi connectivity index (χ1v) is 9.69. The molecule has 1 aromatic heterocycles. The fraction of sp³-hybridized carbons (Fsp3) is 0.476. The van der Waals surface area contributed by atoms with Crippen molar-refractivity contribution in [2.24, 2.45) is 5.92 Å². The van der Waals surface area contributed by atoms with Gasteiger partial charge in [0.1, 0.15) is 5.76 Å². The van der Waals surface area contributed by atoms with E-state index in [0.717, 1.165) is 37.0 Å². The number of rotatable bonds is 5. The van der Waals surface area contributed by atoms with Crippen LogP contribution in [0.5, 0.6) is 0 Å². The minimum absolute atomic E-state index is 0.0462. The fourth-order valence-corrected chi connectivity index (χ4v) is 3.75. The van der Waals surface area contributed by atoms with Crippen LogP contribution in [0.15, 0.2) is 28.8 Å². The lowest BCUT2D eigenvalue weighted by Crippen LogP contribution is -2.33. The average Bonchev–Trinajstić information content (AvgIpc) is 3.21. The number of amides is 2. The molecule has 2 aliphatic carbocycles. The molecular weight excluding hydrogens is 342 g/mol. The number of hydrogen-bond acceptors (Lipinski definition) is 4. The van der Waals surface area contributed by atoms with Crippen LogP contribution in [0.25, 0.3) is 0 Å². The zero-order valence-corrected chi connectivity index (χ0v) is 15.7. The third-order valence-electron chi connectivity index (χ3n) is 5.50. The number of aromatic nitrogens is 1. The number of carbonyl (C=O) groups is 2. The third kappa shape index (κ3) is 4.04. The Morgan fingerprint density at radius 2 is 1.93 bits per heavy atom. The number of nitrogens with zero attached hydrogens (tertiary/aromatic N) is 1. The molecule has 2 atom stereocenters. The van der Waals surface area contributed by atoms with Gasteiger partial charge in [0, 0.05) is 29.3 Å². The summed E-state index contributed by atoms with van der Waals surface area (Å²) in [6.07, 6.45) is 5.44. The predicted molar refractivity (Wildman–Crippen MR) is 102 cm³/mol. The van der Waals surface area contributed by atoms with E-state index >= 15 is 0 Å². The number of anilines is 1. The summed E-state index contributed by atoms with van der Waals surface area (Å²) in [6.45, 7) is 4.10. The molecule has 4 rings (SSSR count). The molecule has 2 fully saturated rings. The second-order valence-electron chi connectivity index (χ2n) is 7.96. The standard InChI is InChI=1S/C21H25N3O3/c1-12-3-6-15(9-12)22-20(25)17-8-7-16(10-13(17)2)23-21(26)18-11-19(27-24-18)14-4-5-14/h7-8,10-12,14-15H,3-6,9H2,1-2H3,(H,22,25)(H,23,26). The van der Waals surface area contributed by atoms with Crippen LogP contribution < -0.4 is 10.6 Å². The van der Waals surface area contributed by atoms with Gasteiger partial charge in [-0.15, -0.1) is 0 Å². The molecular formula is C21H25N3O3. The Balaban J connectivity index is 1.39. The molecule has 0 aliphatic heterocycles. The summed E-state index contributed by atoms with van der Waals surface area (Å²) in [7, 11) is 0. The van der Waals surface area contributed by atoms with Gasteiger partial charge >= 0.3 is 0 Å². The molecule has 2 unspecified atom stereocenters. The van der Waals surface area contributed by atoms with E-state index < -0.39 is 0 Å². The van der Waals surface area contributed by atoms with E-state index in [2.05, 4.69) is 22.7 Å². The van der Waals surface area contributed by atoms with Crippen molar-refractivity contribution in [2.45, 2.75) is 57.9 Å². The third-order valence-corrected chi connectivity index (χ3v) is 5.50. The van der Waals surface area contributed by atoms with Gasteiger partial charge in [0.2, 0.25) is 0 Å². The molecule has 1 heterocycles. The summed E-state index contributed by atoms with van der Waals surface area (Å²) in [5.74, 6) is 1.52. The van der Waals surface area contributed by atoms with Crippen LogP contribution in [0.4, 0.5) is 5.69 Å². The maximum atomic E-state index is 12.5. The minimum Gasteiger partial charge on any atom is -0.360 e. The van der Waals surface area contributed by atoms with Crippen LogP contribution in [0.1, 0.15) is 77.1 Å². The monoisotopic (exact) mass is 367 g/mol. The van der Waals surface area contributed by atoms with Crippen molar-refractivity contribution in [3.8, 4) is 0 Å². The Kier molecular flexibility index (Phi) is 4.72. The van der Waals surface area contributed by atoms with Crippen molar-refractivity contribution in [1.29, 1.82) is 0 Å². The summed E-state index contributed by atoms with van der Waals surface area (Å²) in [5.41, 5.74) is 2.39. The Morgan fingerprint density at radius 3 is 2.59 bits per heavy atom. The van der Waals surface area contributed by atoms with Crippen LogP contribution >= 0.6 is 0 Å². The molecule has 1 aromatic carbocycles. The zero-order valence-electron chi connectivity index (χ0n) is 15.7. The molecule has 142 valence electrons. The van der Waals surface area contributed by atoms with Gasteiger partial charge < -0.3 is 15.2 Å². The van der Waals surface area contributed by atoms with Gasteiger partial charge in [-0.25, -0.2) is 0 Å². The van der Waals surface area contributed by atoms with Crippen LogP contribution in [0.2, 0.25) is 0 Å². The maximum absolute atomic E-state index is 12.5. The molecule has 0 bridgehead atoms. The largest absolute Gasteiger partial charge is 0.360 e. The molecule has 2 aliphatic rings. The van der Waals surface area contributed by atoms with Gasteiger partial charge in [-0.2, -0.15) is 0 Å². The second-order valence-corrected chi connectivity index (χ2v) is 7.96. The normalized spacial score (nSPS) is 21.9. The van der Waals surface area contributed by atoms with E-state index in [1.165, 1.54) is 6.42 Å². The molecule has 27 heavy (non-hydrogen) atoms. The van der Waals surface area contributed by atoms with Crippen molar-refractivity contribution < 1.29 is 14.1 Å². The van der Waals surface area contributed by atoms with Gasteiger partial charge in [0.25, 0.3) is 11.8 Å². The first-order chi connectivity index (χ1) is 13.0. The summed E-state index contributed by atoms with van der Waals surface area (Å²) in [5, 5.41) is 9.80. The second kappa shape index (κ2) is 7.18. The quantitative estimate of drug-likeness (QED) is 0.835. The van der Waals surface area contributed by atoms with E-state index in [9.17, 15) is 9.59 Å². The molecule has 2 aromatic rings. The van der Waals surface area contributed by atoms with Gasteiger partial charge in [-0.1, -0.05) is 12.1 Å². The van der Waals surface area contributed by atoms with Gasteiger partial charge in [-0.05, 0) is 68.7 Å². The SMILES string of the molecule is Cc1cc(NC(=O)c2cc(C3CC3)on2)ccc1C(=O)NC1CCC(C)C1. The highest BCUT2D eigenvalue weighted by molar-refractivity contribution is 6.03. The number of hydrogen-bond donors (Lipinski definition) is 2. The van der Waals surface area contributed by atoms with E-state index in [1.54, 1.807) is 18.2 Å². The van der Waals surface area contributed by atoms with Crippen molar-refractivity contribution in [3.63, 3.8) is 0 Å². The van der Waals surface area contributed by atoms with Crippen molar-refractivity contribution in [2.75, 3.05) is 5.32 Å². The molecule has 0 spiro atoms. The molecule has 6 nitrogen and oxygen atoms in total. The van der Waals surface area contributed by atoms with E-state index in [-0.39, 0.29) is 23.6 Å². The Morgan fingerprint density at radius 1 is 1.11 bits per heavy atom. The lowest BCUT2D eigenvalue weighted by atomic mass is 10.1. The van der Waals surface area contributed by atoms with Crippen LogP contribution in [0.3, 0.4) is 0 Å². The highest BCUT2D eigenvalue weighted by Gasteiger charge is 2.29. The van der Waals surface area contributed by atoms with Crippen molar-refractivity contribution in [1.82, 2.24) is 10.5 Å². The van der Waals surface area contributed by atoms with E-state index in [1.807, 2.05) is 13.0 Å². The van der Waals surface area contributed by atoms with Crippen molar-refractivity contribution in [3.05, 3.63) is 46.8 Å². The zero-order chi connectivity index (χ0) is 19.0. The first-order valence-electron chi connectivity index (χ1n) is 9.69. The molecule has 6 heteroatoms. The molecule has 2 N–H and O–H groups in total. The van der Waals surface area contributed by atoms with Crippen LogP contribution in [0, 0.1) is 12.8 Å². The summed E-state index contributed by atoms with van der Waals surface area (Å²) in [4.78, 5) is 24.9. The molecule has 2 saturated carbocycles. The number of carbonyl (C=O) groups excluding carboxylic acids is 2. The summed E-state index contributed by atoms with van der Waals surface area (Å²) in [6, 6.07) is 7.30. The fourth-order valence-electron chi connectivity index (χ4n) is 3.75. The smallest absolute Gasteiger partial charge is 0.277 e. The van der Waals surface area contributed by atoms with Gasteiger partial charge in [0.15, 0.2) is 5.69 Å². The molecule has 0 radical (unpaired) electrons. The van der Waals surface area contributed by atoms with Gasteiger partial charge in [0.05, 0.1) is 0 Å². The van der Waals surface area contributed by atoms with Crippen molar-refractivity contribution >= 4 is 17.5 Å². The summed E-state index contributed by atoms with van der Waals surface area (Å²) >= 11 is 0. The minimum atomic E-state index is -0.304. The Labute approximate surface area is 158 Å². The lowest BCUT2D eigenvalue weighted by Gasteiger charge is -2.14. The number of aryl methyl sites for hydroxylation is 1.